The zero-order valence-electron chi connectivity index (χ0n) is 15.1. The third kappa shape index (κ3) is 3.63. The highest BCUT2D eigenvalue weighted by molar-refractivity contribution is 5.86. The molecule has 1 atom stereocenters. The van der Waals surface area contributed by atoms with Crippen molar-refractivity contribution in [3.63, 3.8) is 0 Å². The first-order valence-electron chi connectivity index (χ1n) is 9.14. The van der Waals surface area contributed by atoms with Gasteiger partial charge in [-0.15, -0.1) is 0 Å². The Balaban J connectivity index is 2.00. The molecule has 5 nitrogen and oxygen atoms in total. The van der Waals surface area contributed by atoms with Gasteiger partial charge in [-0.05, 0) is 44.2 Å². The Kier molecular flexibility index (Phi) is 5.54. The summed E-state index contributed by atoms with van der Waals surface area (Å²) in [4.78, 5) is 4.96. The molecular formula is C19H30N4O. The van der Waals surface area contributed by atoms with Gasteiger partial charge in [-0.3, -0.25) is 4.98 Å². The normalized spacial score (nSPS) is 16.0. The molecule has 0 saturated heterocycles. The van der Waals surface area contributed by atoms with E-state index in [1.165, 1.54) is 29.3 Å². The van der Waals surface area contributed by atoms with Crippen molar-refractivity contribution in [3.05, 3.63) is 29.2 Å². The average molecular weight is 330 g/mol. The Bertz CT molecular complexity index is 690. The lowest BCUT2D eigenvalue weighted by atomic mass is 10.1. The van der Waals surface area contributed by atoms with Crippen molar-refractivity contribution in [2.75, 3.05) is 13.7 Å². The molecule has 0 bridgehead atoms. The van der Waals surface area contributed by atoms with Crippen molar-refractivity contribution in [1.82, 2.24) is 14.9 Å². The molecule has 0 radical (unpaired) electrons. The van der Waals surface area contributed by atoms with Crippen LogP contribution in [0.5, 0.6) is 0 Å². The van der Waals surface area contributed by atoms with Crippen molar-refractivity contribution < 1.29 is 4.74 Å². The molecule has 1 fully saturated rings. The molecule has 0 spiro atoms. The molecule has 24 heavy (non-hydrogen) atoms. The summed E-state index contributed by atoms with van der Waals surface area (Å²) >= 11 is 0. The van der Waals surface area contributed by atoms with E-state index in [0.717, 1.165) is 37.4 Å². The Hall–Kier alpha value is -1.43. The van der Waals surface area contributed by atoms with Gasteiger partial charge in [0.05, 0.1) is 16.9 Å². The number of nitrogens with two attached hydrogens (primary N) is 1. The maximum Gasteiger partial charge on any atom is 0.0594 e. The molecular weight excluding hydrogens is 300 g/mol. The van der Waals surface area contributed by atoms with Crippen molar-refractivity contribution >= 4 is 10.9 Å². The Labute approximate surface area is 144 Å². The summed E-state index contributed by atoms with van der Waals surface area (Å²) in [7, 11) is 1.75. The summed E-state index contributed by atoms with van der Waals surface area (Å²) in [5.74, 6) is 0. The van der Waals surface area contributed by atoms with Gasteiger partial charge >= 0.3 is 0 Å². The van der Waals surface area contributed by atoms with E-state index < -0.39 is 0 Å². The lowest BCUT2D eigenvalue weighted by molar-refractivity contribution is 0.190. The van der Waals surface area contributed by atoms with Crippen LogP contribution in [0, 0.1) is 0 Å². The van der Waals surface area contributed by atoms with Crippen LogP contribution in [-0.2, 0) is 24.2 Å². The monoisotopic (exact) mass is 330 g/mol. The predicted molar refractivity (Wildman–Crippen MR) is 98.1 cm³/mol. The number of methoxy groups -OCH3 is 1. The van der Waals surface area contributed by atoms with E-state index >= 15 is 0 Å². The van der Waals surface area contributed by atoms with Gasteiger partial charge in [-0.1, -0.05) is 6.92 Å². The van der Waals surface area contributed by atoms with Gasteiger partial charge in [-0.2, -0.15) is 0 Å². The van der Waals surface area contributed by atoms with Crippen molar-refractivity contribution in [3.8, 4) is 0 Å². The van der Waals surface area contributed by atoms with E-state index in [1.807, 2.05) is 0 Å². The first kappa shape index (κ1) is 17.4. The summed E-state index contributed by atoms with van der Waals surface area (Å²) in [6, 6.07) is 3.21. The number of nitrogens with one attached hydrogen (secondary N) is 1. The van der Waals surface area contributed by atoms with E-state index in [-0.39, 0.29) is 6.04 Å². The number of ether oxygens (including phenoxy) is 1. The van der Waals surface area contributed by atoms with Crippen LogP contribution in [0.1, 0.15) is 56.1 Å². The molecule has 5 heteroatoms. The molecule has 2 aromatic heterocycles. The number of nitrogens with zero attached hydrogens (tertiary/aromatic N) is 2. The number of hydrogen-bond acceptors (Lipinski definition) is 4. The van der Waals surface area contributed by atoms with E-state index in [2.05, 4.69) is 36.0 Å². The van der Waals surface area contributed by atoms with E-state index in [4.69, 9.17) is 15.5 Å². The molecule has 0 aromatic carbocycles. The zero-order chi connectivity index (χ0) is 17.1. The van der Waals surface area contributed by atoms with Gasteiger partial charge in [0.15, 0.2) is 0 Å². The second-order valence-corrected chi connectivity index (χ2v) is 6.80. The van der Waals surface area contributed by atoms with Crippen LogP contribution in [0.2, 0.25) is 0 Å². The van der Waals surface area contributed by atoms with E-state index in [0.29, 0.717) is 12.6 Å². The number of hydrogen-bond donors (Lipinski definition) is 2. The Morgan fingerprint density at radius 2 is 2.25 bits per heavy atom. The first-order valence-corrected chi connectivity index (χ1v) is 9.14. The molecule has 1 unspecified atom stereocenters. The van der Waals surface area contributed by atoms with Crippen LogP contribution in [0.15, 0.2) is 12.3 Å². The first-order chi connectivity index (χ1) is 11.7. The highest BCUT2D eigenvalue weighted by Crippen LogP contribution is 2.29. The van der Waals surface area contributed by atoms with Crippen LogP contribution in [0.25, 0.3) is 10.9 Å². The highest BCUT2D eigenvalue weighted by atomic mass is 16.5. The number of pyridine rings is 1. The Morgan fingerprint density at radius 1 is 1.46 bits per heavy atom. The van der Waals surface area contributed by atoms with Gasteiger partial charge in [0.2, 0.25) is 0 Å². The summed E-state index contributed by atoms with van der Waals surface area (Å²) < 4.78 is 7.53. The highest BCUT2D eigenvalue weighted by Gasteiger charge is 2.24. The maximum atomic E-state index is 6.00. The fourth-order valence-corrected chi connectivity index (χ4v) is 3.39. The largest absolute Gasteiger partial charge is 0.385 e. The van der Waals surface area contributed by atoms with E-state index in [9.17, 15) is 0 Å². The van der Waals surface area contributed by atoms with Crippen molar-refractivity contribution in [2.45, 2.75) is 64.7 Å². The fourth-order valence-electron chi connectivity index (χ4n) is 3.39. The van der Waals surface area contributed by atoms with Gasteiger partial charge in [0, 0.05) is 50.5 Å². The van der Waals surface area contributed by atoms with Crippen molar-refractivity contribution in [1.29, 1.82) is 0 Å². The summed E-state index contributed by atoms with van der Waals surface area (Å²) in [6.07, 6.45) is 6.70. The number of rotatable bonds is 9. The minimum atomic E-state index is 0.288. The molecule has 1 aliphatic rings. The molecule has 3 N–H and O–H groups in total. The Morgan fingerprint density at radius 3 is 2.88 bits per heavy atom. The molecule has 2 aromatic rings. The van der Waals surface area contributed by atoms with Gasteiger partial charge in [-0.25, -0.2) is 0 Å². The molecule has 2 heterocycles. The minimum Gasteiger partial charge on any atom is -0.385 e. The smallest absolute Gasteiger partial charge is 0.0594 e. The number of aryl methyl sites for hydroxylation is 2. The number of fused-ring (bicyclic) bond motifs is 1. The van der Waals surface area contributed by atoms with Gasteiger partial charge in [0.25, 0.3) is 0 Å². The lowest BCUT2D eigenvalue weighted by Gasteiger charge is -2.16. The molecule has 132 valence electrons. The average Bonchev–Trinajstić information content (AvgIpc) is 3.34. The number of aromatic nitrogens is 2. The van der Waals surface area contributed by atoms with Crippen LogP contribution in [0.4, 0.5) is 0 Å². The second-order valence-electron chi connectivity index (χ2n) is 6.80. The topological polar surface area (TPSA) is 65.1 Å². The van der Waals surface area contributed by atoms with Gasteiger partial charge < -0.3 is 20.4 Å². The minimum absolute atomic E-state index is 0.288. The molecule has 3 rings (SSSR count). The van der Waals surface area contributed by atoms with Crippen molar-refractivity contribution in [2.24, 2.45) is 5.73 Å². The molecule has 0 aliphatic heterocycles. The second kappa shape index (κ2) is 7.64. The quantitative estimate of drug-likeness (QED) is 0.694. The van der Waals surface area contributed by atoms with Crippen LogP contribution in [0.3, 0.4) is 0 Å². The summed E-state index contributed by atoms with van der Waals surface area (Å²) in [6.45, 7) is 6.66. The molecule has 1 saturated carbocycles. The predicted octanol–water partition coefficient (Wildman–Crippen LogP) is 2.91. The SMILES string of the molecule is CCc1nc(C(C)NC2CC2)cc2c1c(CN)cn2CCCOC. The van der Waals surface area contributed by atoms with Gasteiger partial charge in [0.1, 0.15) is 0 Å². The van der Waals surface area contributed by atoms with E-state index in [1.54, 1.807) is 7.11 Å². The van der Waals surface area contributed by atoms with Crippen LogP contribution < -0.4 is 11.1 Å². The third-order valence-electron chi connectivity index (χ3n) is 4.84. The van der Waals surface area contributed by atoms with Crippen LogP contribution in [-0.4, -0.2) is 29.3 Å². The summed E-state index contributed by atoms with van der Waals surface area (Å²) in [5, 5.41) is 4.91. The standard InChI is InChI=1S/C19H30N4O/c1-4-16-19-14(11-20)12-23(8-5-9-24-3)18(19)10-17(22-16)13(2)21-15-6-7-15/h10,12-13,15,21H,4-9,11,20H2,1-3H3. The molecule has 0 amide bonds. The van der Waals surface area contributed by atoms with Crippen LogP contribution >= 0.6 is 0 Å². The zero-order valence-corrected chi connectivity index (χ0v) is 15.1. The fraction of sp³-hybridized carbons (Fsp3) is 0.632. The summed E-state index contributed by atoms with van der Waals surface area (Å²) in [5.41, 5.74) is 10.8. The molecule has 1 aliphatic carbocycles. The third-order valence-corrected chi connectivity index (χ3v) is 4.84. The lowest BCUT2D eigenvalue weighted by Crippen LogP contribution is -2.22. The maximum absolute atomic E-state index is 6.00.